The number of aryl methyl sites for hydroxylation is 1. The molecule has 2 N–H and O–H groups in total. The molecule has 10 heteroatoms. The fraction of sp³-hybridized carbons (Fsp3) is 0.409. The van der Waals surface area contributed by atoms with Crippen LogP contribution in [-0.2, 0) is 13.0 Å². The number of aliphatic imine (C=N–C) groups is 1. The van der Waals surface area contributed by atoms with Gasteiger partial charge in [0, 0.05) is 20.1 Å². The van der Waals surface area contributed by atoms with E-state index in [-0.39, 0.29) is 35.5 Å². The topological polar surface area (TPSA) is 64.1 Å². The number of rotatable bonds is 9. The first-order valence-electron chi connectivity index (χ1n) is 9.70. The lowest BCUT2D eigenvalue weighted by atomic mass is 10.1. The Morgan fingerprint density at radius 2 is 1.66 bits per heavy atom. The van der Waals surface area contributed by atoms with Gasteiger partial charge in [-0.25, -0.2) is 0 Å². The summed E-state index contributed by atoms with van der Waals surface area (Å²) in [6.45, 7) is 1.71. The molecule has 0 heterocycles. The van der Waals surface area contributed by atoms with Crippen molar-refractivity contribution in [3.8, 4) is 17.2 Å². The third-order valence-electron chi connectivity index (χ3n) is 4.43. The molecule has 0 unspecified atom stereocenters. The first-order chi connectivity index (χ1) is 14.8. The molecule has 0 atom stereocenters. The Bertz CT molecular complexity index is 892. The lowest BCUT2D eigenvalue weighted by molar-refractivity contribution is -0.153. The molecular weight excluding hydrogens is 538 g/mol. The minimum atomic E-state index is -4.41. The summed E-state index contributed by atoms with van der Waals surface area (Å²) in [7, 11) is 4.69. The van der Waals surface area contributed by atoms with Gasteiger partial charge < -0.3 is 24.8 Å². The van der Waals surface area contributed by atoms with E-state index in [4.69, 9.17) is 14.2 Å². The average Bonchev–Trinajstić information content (AvgIpc) is 2.74. The second-order valence-corrected chi connectivity index (χ2v) is 6.81. The monoisotopic (exact) mass is 567 g/mol. The lowest BCUT2D eigenvalue weighted by Crippen LogP contribution is -2.37. The van der Waals surface area contributed by atoms with Crippen LogP contribution in [0.15, 0.2) is 41.4 Å². The SMILES string of the molecule is CN=C(NCCc1cc(C)ccc1OC)NCc1ccc(OCC(F)(F)F)c(OC)c1.I. The highest BCUT2D eigenvalue weighted by atomic mass is 127. The van der Waals surface area contributed by atoms with E-state index >= 15 is 0 Å². The predicted octanol–water partition coefficient (Wildman–Crippen LogP) is 4.48. The molecule has 0 saturated carbocycles. The molecule has 2 rings (SSSR count). The first-order valence-corrected chi connectivity index (χ1v) is 9.70. The second-order valence-electron chi connectivity index (χ2n) is 6.81. The number of methoxy groups -OCH3 is 2. The van der Waals surface area contributed by atoms with Gasteiger partial charge in [0.2, 0.25) is 0 Å². The van der Waals surface area contributed by atoms with Crippen molar-refractivity contribution in [3.05, 3.63) is 53.1 Å². The fourth-order valence-corrected chi connectivity index (χ4v) is 2.93. The summed E-state index contributed by atoms with van der Waals surface area (Å²) in [6.07, 6.45) is -3.66. The predicted molar refractivity (Wildman–Crippen MR) is 130 cm³/mol. The third-order valence-corrected chi connectivity index (χ3v) is 4.43. The van der Waals surface area contributed by atoms with E-state index < -0.39 is 12.8 Å². The Balaban J connectivity index is 0.00000512. The normalized spacial score (nSPS) is 11.4. The minimum Gasteiger partial charge on any atom is -0.496 e. The number of halogens is 4. The maximum atomic E-state index is 12.4. The minimum absolute atomic E-state index is 0. The van der Waals surface area contributed by atoms with Crippen LogP contribution in [0.1, 0.15) is 16.7 Å². The zero-order valence-electron chi connectivity index (χ0n) is 18.5. The molecule has 6 nitrogen and oxygen atoms in total. The van der Waals surface area contributed by atoms with Crippen molar-refractivity contribution in [2.75, 3.05) is 34.4 Å². The third kappa shape index (κ3) is 9.01. The number of benzene rings is 2. The molecule has 0 spiro atoms. The van der Waals surface area contributed by atoms with E-state index in [1.807, 2.05) is 19.1 Å². The second kappa shape index (κ2) is 13.2. The van der Waals surface area contributed by atoms with Gasteiger partial charge in [-0.3, -0.25) is 4.99 Å². The maximum Gasteiger partial charge on any atom is 0.422 e. The van der Waals surface area contributed by atoms with Gasteiger partial charge in [0.25, 0.3) is 0 Å². The van der Waals surface area contributed by atoms with E-state index in [1.54, 1.807) is 26.3 Å². The molecule has 0 aromatic heterocycles. The Morgan fingerprint density at radius 3 is 2.28 bits per heavy atom. The van der Waals surface area contributed by atoms with Crippen molar-refractivity contribution in [2.24, 2.45) is 4.99 Å². The quantitative estimate of drug-likeness (QED) is 0.266. The van der Waals surface area contributed by atoms with Crippen LogP contribution in [0.5, 0.6) is 17.2 Å². The number of nitrogens with one attached hydrogen (secondary N) is 2. The molecule has 32 heavy (non-hydrogen) atoms. The van der Waals surface area contributed by atoms with Gasteiger partial charge in [0.1, 0.15) is 5.75 Å². The summed E-state index contributed by atoms with van der Waals surface area (Å²) >= 11 is 0. The molecule has 0 aliphatic rings. The Morgan fingerprint density at radius 1 is 0.969 bits per heavy atom. The number of alkyl halides is 3. The number of nitrogens with zero attached hydrogens (tertiary/aromatic N) is 1. The van der Waals surface area contributed by atoms with E-state index in [0.29, 0.717) is 19.0 Å². The van der Waals surface area contributed by atoms with Crippen molar-refractivity contribution in [3.63, 3.8) is 0 Å². The summed E-state index contributed by atoms with van der Waals surface area (Å²) in [5, 5.41) is 6.41. The number of ether oxygens (including phenoxy) is 3. The summed E-state index contributed by atoms with van der Waals surface area (Å²) in [4.78, 5) is 4.19. The van der Waals surface area contributed by atoms with Gasteiger partial charge in [-0.05, 0) is 42.7 Å². The molecule has 2 aromatic rings. The summed E-state index contributed by atoms with van der Waals surface area (Å²) in [5.41, 5.74) is 3.07. The molecular formula is C22H29F3IN3O3. The molecule has 0 aliphatic heterocycles. The zero-order valence-corrected chi connectivity index (χ0v) is 20.8. The summed E-state index contributed by atoms with van der Waals surface area (Å²) < 4.78 is 52.5. The molecule has 2 aromatic carbocycles. The van der Waals surface area contributed by atoms with Gasteiger partial charge in [0.15, 0.2) is 24.1 Å². The van der Waals surface area contributed by atoms with Crippen LogP contribution >= 0.6 is 24.0 Å². The van der Waals surface area contributed by atoms with Crippen LogP contribution in [-0.4, -0.2) is 46.6 Å². The Kier molecular flexibility index (Phi) is 11.4. The fourth-order valence-electron chi connectivity index (χ4n) is 2.93. The van der Waals surface area contributed by atoms with Crippen LogP contribution in [0.3, 0.4) is 0 Å². The van der Waals surface area contributed by atoms with E-state index in [9.17, 15) is 13.2 Å². The van der Waals surface area contributed by atoms with Crippen molar-refractivity contribution in [1.29, 1.82) is 0 Å². The first kappa shape index (κ1) is 27.7. The highest BCUT2D eigenvalue weighted by molar-refractivity contribution is 14.0. The molecule has 0 saturated heterocycles. The summed E-state index contributed by atoms with van der Waals surface area (Å²) in [5.74, 6) is 1.72. The van der Waals surface area contributed by atoms with Crippen LogP contribution in [0.25, 0.3) is 0 Å². The van der Waals surface area contributed by atoms with E-state index in [2.05, 4.69) is 21.7 Å². The van der Waals surface area contributed by atoms with Crippen LogP contribution < -0.4 is 24.8 Å². The van der Waals surface area contributed by atoms with Crippen molar-refractivity contribution >= 4 is 29.9 Å². The highest BCUT2D eigenvalue weighted by Gasteiger charge is 2.29. The largest absolute Gasteiger partial charge is 0.496 e. The highest BCUT2D eigenvalue weighted by Crippen LogP contribution is 2.29. The molecule has 0 bridgehead atoms. The van der Waals surface area contributed by atoms with Crippen molar-refractivity contribution in [1.82, 2.24) is 10.6 Å². The van der Waals surface area contributed by atoms with Gasteiger partial charge >= 0.3 is 6.18 Å². The van der Waals surface area contributed by atoms with Crippen molar-refractivity contribution in [2.45, 2.75) is 26.1 Å². The van der Waals surface area contributed by atoms with Crippen LogP contribution in [0.4, 0.5) is 13.2 Å². The molecule has 0 aliphatic carbocycles. The number of guanidine groups is 1. The molecule has 0 radical (unpaired) electrons. The maximum absolute atomic E-state index is 12.4. The summed E-state index contributed by atoms with van der Waals surface area (Å²) in [6, 6.07) is 10.8. The molecule has 0 fully saturated rings. The number of hydrogen-bond donors (Lipinski definition) is 2. The zero-order chi connectivity index (χ0) is 22.9. The Labute approximate surface area is 203 Å². The van der Waals surface area contributed by atoms with Gasteiger partial charge in [-0.1, -0.05) is 23.8 Å². The van der Waals surface area contributed by atoms with E-state index in [1.165, 1.54) is 13.2 Å². The molecule has 178 valence electrons. The van der Waals surface area contributed by atoms with Gasteiger partial charge in [-0.15, -0.1) is 24.0 Å². The average molecular weight is 567 g/mol. The smallest absolute Gasteiger partial charge is 0.422 e. The lowest BCUT2D eigenvalue weighted by Gasteiger charge is -2.15. The van der Waals surface area contributed by atoms with E-state index in [0.717, 1.165) is 28.9 Å². The van der Waals surface area contributed by atoms with Crippen molar-refractivity contribution < 1.29 is 27.4 Å². The van der Waals surface area contributed by atoms with Gasteiger partial charge in [0.05, 0.1) is 14.2 Å². The van der Waals surface area contributed by atoms with Crippen LogP contribution in [0.2, 0.25) is 0 Å². The van der Waals surface area contributed by atoms with Crippen LogP contribution in [0, 0.1) is 6.92 Å². The Hall–Kier alpha value is -2.37. The number of hydrogen-bond acceptors (Lipinski definition) is 4. The molecule has 0 amide bonds. The standard InChI is InChI=1S/C22H28F3N3O3.HI/c1-15-5-7-18(29-3)17(11-15)9-10-27-21(26-2)28-13-16-6-8-19(20(12-16)30-4)31-14-22(23,24)25;/h5-8,11-12H,9-10,13-14H2,1-4H3,(H2,26,27,28);1H. The van der Waals surface area contributed by atoms with Gasteiger partial charge in [-0.2, -0.15) is 13.2 Å².